The fourth-order valence-electron chi connectivity index (χ4n) is 4.57. The van der Waals surface area contributed by atoms with E-state index in [0.29, 0.717) is 36.0 Å². The summed E-state index contributed by atoms with van der Waals surface area (Å²) < 4.78 is 16.0. The van der Waals surface area contributed by atoms with E-state index >= 15 is 0 Å². The second-order valence-corrected chi connectivity index (χ2v) is 9.27. The summed E-state index contributed by atoms with van der Waals surface area (Å²) in [6.07, 6.45) is 0. The van der Waals surface area contributed by atoms with Crippen LogP contribution in [-0.2, 0) is 7.05 Å². The smallest absolute Gasteiger partial charge is 0.356 e. The van der Waals surface area contributed by atoms with Crippen molar-refractivity contribution in [2.45, 2.75) is 18.9 Å². The number of hydrogen-bond donors (Lipinski definition) is 2. The molecule has 2 aromatic heterocycles. The summed E-state index contributed by atoms with van der Waals surface area (Å²) in [5.41, 5.74) is 1.62. The van der Waals surface area contributed by atoms with Gasteiger partial charge >= 0.3 is 5.97 Å². The van der Waals surface area contributed by atoms with Crippen molar-refractivity contribution in [3.8, 4) is 0 Å². The number of carboxylic acid groups (broad SMARTS) is 1. The molecule has 0 radical (unpaired) electrons. The maximum Gasteiger partial charge on any atom is 0.356 e. The molecule has 184 valence electrons. The van der Waals surface area contributed by atoms with Gasteiger partial charge in [0.05, 0.1) is 22.6 Å². The maximum atomic E-state index is 14.6. The molecule has 3 heterocycles. The second kappa shape index (κ2) is 9.23. The molecule has 5 rings (SSSR count). The van der Waals surface area contributed by atoms with Crippen molar-refractivity contribution in [2.75, 3.05) is 23.3 Å². The lowest BCUT2D eigenvalue weighted by Crippen LogP contribution is -2.47. The molecular weight excluding hydrogens is 485 g/mol. The van der Waals surface area contributed by atoms with Crippen LogP contribution in [0.5, 0.6) is 0 Å². The molecule has 1 aliphatic rings. The Balaban J connectivity index is 1.52. The van der Waals surface area contributed by atoms with E-state index in [1.54, 1.807) is 14.0 Å². The number of anilines is 2. The fraction of sp³-hybridized carbons (Fsp3) is 0.231. The number of rotatable bonds is 6. The van der Waals surface area contributed by atoms with Crippen molar-refractivity contribution >= 4 is 40.1 Å². The Kier molecular flexibility index (Phi) is 6.09. The molecule has 8 nitrogen and oxygen atoms in total. The molecule has 0 bridgehead atoms. The first-order valence-corrected chi connectivity index (χ1v) is 11.8. The first-order valence-electron chi connectivity index (χ1n) is 11.4. The van der Waals surface area contributed by atoms with Gasteiger partial charge in [-0.15, -0.1) is 0 Å². The molecule has 1 atom stereocenters. The normalized spacial score (nSPS) is 14.5. The average Bonchev–Trinajstić information content (AvgIpc) is 2.83. The van der Waals surface area contributed by atoms with Gasteiger partial charge in [-0.3, -0.25) is 9.36 Å². The van der Waals surface area contributed by atoms with Crippen LogP contribution in [-0.4, -0.2) is 38.7 Å². The molecule has 1 fully saturated rings. The topological polar surface area (TPSA) is 100 Å². The summed E-state index contributed by atoms with van der Waals surface area (Å²) in [7, 11) is 1.63. The molecule has 1 aliphatic heterocycles. The molecule has 0 amide bonds. The van der Waals surface area contributed by atoms with Crippen LogP contribution in [0.25, 0.3) is 10.9 Å². The Hall–Kier alpha value is -3.98. The number of benzene rings is 2. The zero-order valence-electron chi connectivity index (χ0n) is 19.6. The van der Waals surface area contributed by atoms with Crippen molar-refractivity contribution in [3.63, 3.8) is 0 Å². The number of fused-ring (bicyclic) bond motifs is 1. The third kappa shape index (κ3) is 4.26. The molecule has 10 heteroatoms. The summed E-state index contributed by atoms with van der Waals surface area (Å²) in [4.78, 5) is 35.5. The maximum absolute atomic E-state index is 14.6. The van der Waals surface area contributed by atoms with Crippen LogP contribution >= 0.6 is 11.6 Å². The Morgan fingerprint density at radius 1 is 1.17 bits per heavy atom. The number of halogens is 2. The number of pyridine rings is 1. The standard InChI is InChI=1S/C26H23ClFN5O3/c1-14(29-20-8-9-21(27)30-23(20)25(35)36)18-10-17(28)11-19-22(18)31-26(32(2)24(19)34)33-12-16(13-33)15-6-4-3-5-7-15/h3-11,14,16,29H,12-13H2,1-2H3,(H,35,36)/t14-/m1/s1. The van der Waals surface area contributed by atoms with E-state index in [4.69, 9.17) is 16.6 Å². The predicted octanol–water partition coefficient (Wildman–Crippen LogP) is 4.60. The number of carboxylic acids is 1. The third-order valence-electron chi connectivity index (χ3n) is 6.49. The van der Waals surface area contributed by atoms with E-state index < -0.39 is 17.8 Å². The summed E-state index contributed by atoms with van der Waals surface area (Å²) in [5.74, 6) is -1.01. The highest BCUT2D eigenvalue weighted by Gasteiger charge is 2.31. The van der Waals surface area contributed by atoms with Gasteiger partial charge in [0.15, 0.2) is 5.69 Å². The van der Waals surface area contributed by atoms with Crippen LogP contribution in [0.4, 0.5) is 16.0 Å². The number of carbonyl (C=O) groups is 1. The Labute approximate surface area is 211 Å². The van der Waals surface area contributed by atoms with Crippen molar-refractivity contribution in [1.29, 1.82) is 0 Å². The van der Waals surface area contributed by atoms with Crippen molar-refractivity contribution in [2.24, 2.45) is 7.05 Å². The minimum atomic E-state index is -1.25. The molecule has 2 N–H and O–H groups in total. The van der Waals surface area contributed by atoms with Gasteiger partial charge in [0.25, 0.3) is 5.56 Å². The second-order valence-electron chi connectivity index (χ2n) is 8.88. The van der Waals surface area contributed by atoms with E-state index in [-0.39, 0.29) is 27.5 Å². The van der Waals surface area contributed by atoms with Crippen molar-refractivity contribution in [1.82, 2.24) is 14.5 Å². The molecule has 0 spiro atoms. The van der Waals surface area contributed by atoms with Crippen LogP contribution in [0.2, 0.25) is 5.15 Å². The summed E-state index contributed by atoms with van der Waals surface area (Å²) in [5, 5.41) is 12.8. The van der Waals surface area contributed by atoms with Crippen LogP contribution in [0, 0.1) is 5.82 Å². The van der Waals surface area contributed by atoms with Gasteiger partial charge in [-0.05, 0) is 36.8 Å². The van der Waals surface area contributed by atoms with Gasteiger partial charge < -0.3 is 15.3 Å². The van der Waals surface area contributed by atoms with E-state index in [0.717, 1.165) is 0 Å². The lowest BCUT2D eigenvalue weighted by Gasteiger charge is -2.41. The summed E-state index contributed by atoms with van der Waals surface area (Å²) in [6, 6.07) is 15.0. The van der Waals surface area contributed by atoms with Gasteiger partial charge in [-0.2, -0.15) is 0 Å². The van der Waals surface area contributed by atoms with Crippen LogP contribution in [0.15, 0.2) is 59.4 Å². The number of hydrogen-bond acceptors (Lipinski definition) is 6. The quantitative estimate of drug-likeness (QED) is 0.368. The lowest BCUT2D eigenvalue weighted by atomic mass is 9.92. The Morgan fingerprint density at radius 2 is 1.89 bits per heavy atom. The highest BCUT2D eigenvalue weighted by Crippen LogP contribution is 2.33. The molecule has 0 aliphatic carbocycles. The summed E-state index contributed by atoms with van der Waals surface area (Å²) in [6.45, 7) is 3.15. The molecule has 2 aromatic carbocycles. The highest BCUT2D eigenvalue weighted by atomic mass is 35.5. The van der Waals surface area contributed by atoms with Crippen LogP contribution in [0.3, 0.4) is 0 Å². The van der Waals surface area contributed by atoms with E-state index in [1.807, 2.05) is 23.1 Å². The third-order valence-corrected chi connectivity index (χ3v) is 6.70. The number of aromatic carboxylic acids is 1. The van der Waals surface area contributed by atoms with Crippen LogP contribution in [0.1, 0.15) is 40.5 Å². The van der Waals surface area contributed by atoms with Gasteiger partial charge in [0.2, 0.25) is 5.95 Å². The molecule has 36 heavy (non-hydrogen) atoms. The zero-order valence-corrected chi connectivity index (χ0v) is 20.3. The molecule has 0 saturated carbocycles. The Morgan fingerprint density at radius 3 is 2.58 bits per heavy atom. The van der Waals surface area contributed by atoms with Crippen molar-refractivity contribution in [3.05, 3.63) is 92.7 Å². The lowest BCUT2D eigenvalue weighted by molar-refractivity contribution is 0.0691. The van der Waals surface area contributed by atoms with Gasteiger partial charge in [0.1, 0.15) is 11.0 Å². The van der Waals surface area contributed by atoms with Gasteiger partial charge in [0, 0.05) is 31.6 Å². The molecule has 0 unspecified atom stereocenters. The minimum Gasteiger partial charge on any atom is -0.476 e. The van der Waals surface area contributed by atoms with Gasteiger partial charge in [-0.25, -0.2) is 19.2 Å². The Bertz CT molecular complexity index is 1540. The first-order chi connectivity index (χ1) is 17.2. The average molecular weight is 508 g/mol. The number of aromatic nitrogens is 3. The monoisotopic (exact) mass is 507 g/mol. The first kappa shape index (κ1) is 23.7. The SMILES string of the molecule is C[C@@H](Nc1ccc(Cl)nc1C(=O)O)c1cc(F)cc2c(=O)n(C)c(N3CC(c4ccccc4)C3)nc12. The molecule has 4 aromatic rings. The minimum absolute atomic E-state index is 0.0416. The number of nitrogens with zero attached hydrogens (tertiary/aromatic N) is 4. The number of nitrogens with one attached hydrogen (secondary N) is 1. The van der Waals surface area contributed by atoms with E-state index in [2.05, 4.69) is 22.4 Å². The van der Waals surface area contributed by atoms with Crippen molar-refractivity contribution < 1.29 is 14.3 Å². The van der Waals surface area contributed by atoms with Gasteiger partial charge in [-0.1, -0.05) is 41.9 Å². The zero-order chi connectivity index (χ0) is 25.6. The molecular formula is C26H23ClFN5O3. The predicted molar refractivity (Wildman–Crippen MR) is 137 cm³/mol. The van der Waals surface area contributed by atoms with E-state index in [9.17, 15) is 19.1 Å². The van der Waals surface area contributed by atoms with E-state index in [1.165, 1.54) is 34.4 Å². The highest BCUT2D eigenvalue weighted by molar-refractivity contribution is 6.29. The largest absolute Gasteiger partial charge is 0.476 e. The fourth-order valence-corrected chi connectivity index (χ4v) is 4.72. The summed E-state index contributed by atoms with van der Waals surface area (Å²) >= 11 is 5.86. The molecule has 1 saturated heterocycles. The van der Waals surface area contributed by atoms with Crippen LogP contribution < -0.4 is 15.8 Å².